The summed E-state index contributed by atoms with van der Waals surface area (Å²) in [5.41, 5.74) is -2.74. The van der Waals surface area contributed by atoms with E-state index in [-0.39, 0.29) is 49.5 Å². The van der Waals surface area contributed by atoms with Gasteiger partial charge in [0.1, 0.15) is 5.60 Å². The number of carbonyl (C=O) groups excluding carboxylic acids is 3. The van der Waals surface area contributed by atoms with Crippen LogP contribution in [0.2, 0.25) is 0 Å². The van der Waals surface area contributed by atoms with E-state index >= 15 is 0 Å². The number of amides is 3. The first-order chi connectivity index (χ1) is 22.2. The number of aryl methyl sites for hydroxylation is 1. The Morgan fingerprint density at radius 3 is 2.36 bits per heavy atom. The summed E-state index contributed by atoms with van der Waals surface area (Å²) in [7, 11) is 1.29. The number of nitrogens with zero attached hydrogens (tertiary/aromatic N) is 5. The molecule has 5 rings (SSSR count). The molecule has 0 aliphatic carbocycles. The molecule has 47 heavy (non-hydrogen) atoms. The van der Waals surface area contributed by atoms with Gasteiger partial charge in [-0.1, -0.05) is 6.92 Å². The van der Waals surface area contributed by atoms with Crippen LogP contribution in [0, 0.1) is 0 Å². The molecule has 3 aromatic rings. The molecule has 0 radical (unpaired) electrons. The fourth-order valence-corrected chi connectivity index (χ4v) is 6.01. The summed E-state index contributed by atoms with van der Waals surface area (Å²) < 4.78 is 68.2. The zero-order valence-corrected chi connectivity index (χ0v) is 25.8. The maximum absolute atomic E-state index is 13.6. The van der Waals surface area contributed by atoms with E-state index in [1.165, 1.54) is 13.1 Å². The summed E-state index contributed by atoms with van der Waals surface area (Å²) in [6.45, 7) is 4.08. The van der Waals surface area contributed by atoms with Crippen LogP contribution in [0.3, 0.4) is 0 Å². The molecular formula is C30H35F5N8O4. The second-order valence-corrected chi connectivity index (χ2v) is 11.6. The Balaban J connectivity index is 1.28. The lowest BCUT2D eigenvalue weighted by Gasteiger charge is -2.40. The number of aliphatic hydroxyl groups is 1. The summed E-state index contributed by atoms with van der Waals surface area (Å²) in [4.78, 5) is 46.8. The molecule has 12 nitrogen and oxygen atoms in total. The Labute approximate surface area is 266 Å². The highest BCUT2D eigenvalue weighted by atomic mass is 19.4. The number of aromatic nitrogens is 4. The van der Waals surface area contributed by atoms with Crippen LogP contribution in [0.1, 0.15) is 57.7 Å². The van der Waals surface area contributed by atoms with Crippen LogP contribution < -0.4 is 10.6 Å². The lowest BCUT2D eigenvalue weighted by atomic mass is 9.90. The average molecular weight is 667 g/mol. The second-order valence-electron chi connectivity index (χ2n) is 11.6. The summed E-state index contributed by atoms with van der Waals surface area (Å²) in [6, 6.07) is 4.69. The fraction of sp³-hybridized carbons (Fsp3) is 0.500. The van der Waals surface area contributed by atoms with Crippen molar-refractivity contribution in [3.8, 4) is 11.3 Å². The van der Waals surface area contributed by atoms with Crippen molar-refractivity contribution in [3.63, 3.8) is 0 Å². The van der Waals surface area contributed by atoms with E-state index in [0.717, 1.165) is 10.8 Å². The standard InChI is InChI=1S/C30H35F5N8O4/c1-3-17-14-18(4-5-19(17)27(45)42-10-12-43(13-11-42)28(46)29(47)6-8-36-9-7-29)38-26(44)25-37-16-21(41(25)2)23-20(15-22(31)32)39-40-24(23)30(33,34)35/h4-5,14,16,22,36,47H,3,6-13,15H2,1-2H3,(H,38,44)(H,39,40). The van der Waals surface area contributed by atoms with E-state index in [4.69, 9.17) is 0 Å². The van der Waals surface area contributed by atoms with Crippen LogP contribution in [-0.2, 0) is 30.9 Å². The zero-order chi connectivity index (χ0) is 34.1. The first-order valence-electron chi connectivity index (χ1n) is 15.1. The number of aromatic amines is 1. The molecule has 0 saturated carbocycles. The lowest BCUT2D eigenvalue weighted by molar-refractivity contribution is -0.155. The average Bonchev–Trinajstić information content (AvgIpc) is 3.63. The van der Waals surface area contributed by atoms with Gasteiger partial charge < -0.3 is 30.1 Å². The van der Waals surface area contributed by atoms with Crippen LogP contribution in [0.4, 0.5) is 27.6 Å². The highest BCUT2D eigenvalue weighted by Crippen LogP contribution is 2.38. The van der Waals surface area contributed by atoms with Crippen molar-refractivity contribution in [2.75, 3.05) is 44.6 Å². The van der Waals surface area contributed by atoms with Crippen LogP contribution in [0.5, 0.6) is 0 Å². The molecule has 2 aromatic heterocycles. The normalized spacial score (nSPS) is 16.9. The number of hydrogen-bond acceptors (Lipinski definition) is 7. The summed E-state index contributed by atoms with van der Waals surface area (Å²) in [5, 5.41) is 21.8. The van der Waals surface area contributed by atoms with Gasteiger partial charge in [0, 0.05) is 44.5 Å². The highest BCUT2D eigenvalue weighted by molar-refractivity contribution is 6.03. The third-order valence-electron chi connectivity index (χ3n) is 8.57. The minimum absolute atomic E-state index is 0.228. The number of halogens is 5. The van der Waals surface area contributed by atoms with Crippen molar-refractivity contribution in [1.29, 1.82) is 0 Å². The molecule has 0 spiro atoms. The fourth-order valence-electron chi connectivity index (χ4n) is 6.01. The number of imidazole rings is 1. The number of benzene rings is 1. The maximum Gasteiger partial charge on any atom is 0.435 e. The van der Waals surface area contributed by atoms with E-state index < -0.39 is 47.5 Å². The molecule has 3 amide bonds. The second kappa shape index (κ2) is 13.4. The van der Waals surface area contributed by atoms with Gasteiger partial charge in [-0.25, -0.2) is 13.8 Å². The minimum Gasteiger partial charge on any atom is -0.380 e. The molecule has 17 heteroatoms. The largest absolute Gasteiger partial charge is 0.435 e. The number of alkyl halides is 5. The Morgan fingerprint density at radius 1 is 1.09 bits per heavy atom. The van der Waals surface area contributed by atoms with E-state index in [0.29, 0.717) is 49.2 Å². The van der Waals surface area contributed by atoms with E-state index in [1.807, 2.05) is 12.0 Å². The van der Waals surface area contributed by atoms with Crippen molar-refractivity contribution in [2.24, 2.45) is 7.05 Å². The van der Waals surface area contributed by atoms with Gasteiger partial charge in [-0.15, -0.1) is 0 Å². The number of piperazine rings is 1. The topological polar surface area (TPSA) is 148 Å². The summed E-state index contributed by atoms with van der Waals surface area (Å²) in [5.74, 6) is -1.62. The molecule has 0 atom stereocenters. The number of rotatable bonds is 8. The molecule has 0 bridgehead atoms. The van der Waals surface area contributed by atoms with E-state index in [2.05, 4.69) is 20.7 Å². The molecule has 2 saturated heterocycles. The van der Waals surface area contributed by atoms with Gasteiger partial charge in [0.25, 0.3) is 17.7 Å². The van der Waals surface area contributed by atoms with Gasteiger partial charge in [0.05, 0.1) is 29.6 Å². The van der Waals surface area contributed by atoms with Crippen molar-refractivity contribution in [1.82, 2.24) is 34.9 Å². The summed E-state index contributed by atoms with van der Waals surface area (Å²) in [6.07, 6.45) is -6.81. The Hall–Kier alpha value is -4.38. The highest BCUT2D eigenvalue weighted by Gasteiger charge is 2.42. The number of H-pyrrole nitrogens is 1. The molecule has 4 N–H and O–H groups in total. The molecule has 2 aliphatic heterocycles. The first kappa shape index (κ1) is 34.0. The van der Waals surface area contributed by atoms with E-state index in [9.17, 15) is 41.4 Å². The number of anilines is 1. The zero-order valence-electron chi connectivity index (χ0n) is 25.8. The third kappa shape index (κ3) is 7.00. The molecule has 1 aromatic carbocycles. The van der Waals surface area contributed by atoms with Gasteiger partial charge in [0.2, 0.25) is 6.43 Å². The quantitative estimate of drug-likeness (QED) is 0.270. The van der Waals surface area contributed by atoms with Gasteiger partial charge in [-0.2, -0.15) is 18.3 Å². The van der Waals surface area contributed by atoms with Gasteiger partial charge in [-0.05, 0) is 56.1 Å². The molecular weight excluding hydrogens is 631 g/mol. The van der Waals surface area contributed by atoms with Crippen molar-refractivity contribution >= 4 is 23.4 Å². The number of hydrogen-bond donors (Lipinski definition) is 4. The van der Waals surface area contributed by atoms with Gasteiger partial charge >= 0.3 is 6.18 Å². The molecule has 0 unspecified atom stereocenters. The number of carbonyl (C=O) groups is 3. The smallest absolute Gasteiger partial charge is 0.380 e. The van der Waals surface area contributed by atoms with E-state index in [1.54, 1.807) is 21.9 Å². The Morgan fingerprint density at radius 2 is 1.74 bits per heavy atom. The maximum atomic E-state index is 13.6. The van der Waals surface area contributed by atoms with Crippen LogP contribution in [0.15, 0.2) is 24.4 Å². The van der Waals surface area contributed by atoms with Crippen LogP contribution in [0.25, 0.3) is 11.3 Å². The van der Waals surface area contributed by atoms with Gasteiger partial charge in [0.15, 0.2) is 11.5 Å². The monoisotopic (exact) mass is 666 g/mol. The minimum atomic E-state index is -4.95. The molecule has 4 heterocycles. The van der Waals surface area contributed by atoms with Crippen molar-refractivity contribution in [2.45, 2.75) is 50.8 Å². The first-order valence-corrected chi connectivity index (χ1v) is 15.1. The van der Waals surface area contributed by atoms with Gasteiger partial charge in [-0.3, -0.25) is 19.5 Å². The number of nitrogens with one attached hydrogen (secondary N) is 3. The predicted molar refractivity (Wildman–Crippen MR) is 159 cm³/mol. The molecule has 2 aliphatic rings. The molecule has 254 valence electrons. The Kier molecular flexibility index (Phi) is 9.68. The number of piperidine rings is 1. The van der Waals surface area contributed by atoms with Crippen molar-refractivity contribution in [3.05, 3.63) is 52.7 Å². The third-order valence-corrected chi connectivity index (χ3v) is 8.57. The predicted octanol–water partition coefficient (Wildman–Crippen LogP) is 2.85. The Bertz CT molecular complexity index is 1640. The SMILES string of the molecule is CCc1cc(NC(=O)c2ncc(-c3c(C(F)(F)F)n[nH]c3CC(F)F)n2C)ccc1C(=O)N1CCN(C(=O)C2(O)CCNCC2)CC1. The van der Waals surface area contributed by atoms with Crippen molar-refractivity contribution < 1.29 is 41.4 Å². The van der Waals surface area contributed by atoms with Crippen LogP contribution >= 0.6 is 0 Å². The summed E-state index contributed by atoms with van der Waals surface area (Å²) >= 11 is 0. The molecule has 2 fully saturated rings. The van der Waals surface area contributed by atoms with Crippen LogP contribution in [-0.4, -0.2) is 104 Å². The lowest BCUT2D eigenvalue weighted by Crippen LogP contribution is -2.59.